The van der Waals surface area contributed by atoms with Crippen molar-refractivity contribution < 1.29 is 12.8 Å². The van der Waals surface area contributed by atoms with Gasteiger partial charge in [-0.25, -0.2) is 8.42 Å². The number of alkyl halides is 1. The zero-order chi connectivity index (χ0) is 19.3. The largest absolute Gasteiger partial charge is 0.299 e. The molecule has 1 aromatic carbocycles. The number of hydrogen-bond donors (Lipinski definition) is 0. The molecule has 2 heterocycles. The molecule has 0 N–H and O–H groups in total. The first-order chi connectivity index (χ1) is 13.0. The molecule has 0 spiro atoms. The molecule has 2 aromatic rings. The highest BCUT2D eigenvalue weighted by atomic mass is 32.2. The first-order valence-corrected chi connectivity index (χ1v) is 10.7. The Labute approximate surface area is 159 Å². The topological polar surface area (TPSA) is 71.3 Å². The molecule has 1 fully saturated rings. The molecule has 0 unspecified atom stereocenters. The molecule has 7 nitrogen and oxygen atoms in total. The Bertz CT molecular complexity index is 832. The number of nitrogens with zero attached hydrogens (tertiary/aromatic N) is 5. The molecule has 1 aromatic heterocycles. The summed E-state index contributed by atoms with van der Waals surface area (Å²) < 4.78 is 40.6. The van der Waals surface area contributed by atoms with Gasteiger partial charge in [-0.3, -0.25) is 14.0 Å². The molecular formula is C18H26FN5O2S. The van der Waals surface area contributed by atoms with Gasteiger partial charge in [0.15, 0.2) is 0 Å². The highest BCUT2D eigenvalue weighted by molar-refractivity contribution is 7.89. The minimum atomic E-state index is -3.61. The first kappa shape index (κ1) is 19.9. The van der Waals surface area contributed by atoms with E-state index in [4.69, 9.17) is 0 Å². The van der Waals surface area contributed by atoms with Crippen LogP contribution in [0.15, 0.2) is 35.4 Å². The van der Waals surface area contributed by atoms with Crippen molar-refractivity contribution in [3.8, 4) is 0 Å². The summed E-state index contributed by atoms with van der Waals surface area (Å²) in [5.41, 5.74) is 1.65. The maximum Gasteiger partial charge on any atom is 0.243 e. The van der Waals surface area contributed by atoms with Crippen molar-refractivity contribution in [3.05, 3.63) is 41.7 Å². The van der Waals surface area contributed by atoms with E-state index in [0.717, 1.165) is 25.2 Å². The zero-order valence-electron chi connectivity index (χ0n) is 15.6. The van der Waals surface area contributed by atoms with Crippen molar-refractivity contribution >= 4 is 10.0 Å². The molecule has 1 saturated heterocycles. The van der Waals surface area contributed by atoms with Gasteiger partial charge in [-0.2, -0.15) is 4.31 Å². The van der Waals surface area contributed by atoms with Crippen molar-refractivity contribution in [2.24, 2.45) is 0 Å². The summed E-state index contributed by atoms with van der Waals surface area (Å²) in [6.07, 6.45) is 4.48. The lowest BCUT2D eigenvalue weighted by molar-refractivity contribution is 0.331. The van der Waals surface area contributed by atoms with Crippen LogP contribution in [0.3, 0.4) is 0 Å². The minimum absolute atomic E-state index is 0.119. The Morgan fingerprint density at radius 2 is 1.89 bits per heavy atom. The fraction of sp³-hybridized carbons (Fsp3) is 0.556. The molecule has 1 aliphatic heterocycles. The first-order valence-electron chi connectivity index (χ1n) is 9.21. The third kappa shape index (κ3) is 5.12. The molecule has 27 heavy (non-hydrogen) atoms. The van der Waals surface area contributed by atoms with E-state index in [1.807, 2.05) is 12.1 Å². The normalized spacial score (nSPS) is 15.7. The fourth-order valence-corrected chi connectivity index (χ4v) is 4.34. The van der Waals surface area contributed by atoms with Gasteiger partial charge in [0.25, 0.3) is 0 Å². The number of aryl methyl sites for hydroxylation is 1. The number of hydrogen-bond acceptors (Lipinski definition) is 5. The van der Waals surface area contributed by atoms with Crippen LogP contribution in [0.1, 0.15) is 30.5 Å². The molecule has 148 valence electrons. The Morgan fingerprint density at radius 3 is 2.56 bits per heavy atom. The van der Waals surface area contributed by atoms with Gasteiger partial charge in [0.05, 0.1) is 23.8 Å². The number of aromatic nitrogens is 3. The van der Waals surface area contributed by atoms with E-state index in [2.05, 4.69) is 15.2 Å². The molecular weight excluding hydrogens is 369 g/mol. The lowest BCUT2D eigenvalue weighted by atomic mass is 10.2. The second-order valence-corrected chi connectivity index (χ2v) is 8.95. The third-order valence-electron chi connectivity index (χ3n) is 4.73. The third-order valence-corrected chi connectivity index (χ3v) is 6.55. The molecule has 0 aliphatic carbocycles. The summed E-state index contributed by atoms with van der Waals surface area (Å²) in [7, 11) is -2.08. The van der Waals surface area contributed by atoms with Crippen molar-refractivity contribution in [3.63, 3.8) is 0 Å². The minimum Gasteiger partial charge on any atom is -0.299 e. The Balaban J connectivity index is 1.62. The van der Waals surface area contributed by atoms with Crippen LogP contribution in [-0.2, 0) is 29.7 Å². The van der Waals surface area contributed by atoms with E-state index in [1.54, 1.807) is 18.3 Å². The van der Waals surface area contributed by atoms with Gasteiger partial charge in [-0.05, 0) is 50.0 Å². The molecule has 9 heteroatoms. The van der Waals surface area contributed by atoms with Crippen LogP contribution in [0.4, 0.5) is 4.39 Å². The molecule has 0 atom stereocenters. The smallest absolute Gasteiger partial charge is 0.243 e. The van der Waals surface area contributed by atoms with Gasteiger partial charge in [-0.1, -0.05) is 17.3 Å². The van der Waals surface area contributed by atoms with Gasteiger partial charge in [0, 0.05) is 26.3 Å². The number of likely N-dealkylation sites (tertiary alicyclic amines) is 1. The summed E-state index contributed by atoms with van der Waals surface area (Å²) in [6, 6.07) is 7.09. The average Bonchev–Trinajstić information content (AvgIpc) is 3.32. The number of rotatable bonds is 9. The van der Waals surface area contributed by atoms with Gasteiger partial charge in [-0.15, -0.1) is 5.10 Å². The van der Waals surface area contributed by atoms with Crippen molar-refractivity contribution in [2.75, 3.05) is 26.8 Å². The average molecular weight is 396 g/mol. The van der Waals surface area contributed by atoms with Gasteiger partial charge in [0.1, 0.15) is 0 Å². The summed E-state index contributed by atoms with van der Waals surface area (Å²) >= 11 is 0. The van der Waals surface area contributed by atoms with Crippen LogP contribution < -0.4 is 0 Å². The number of halogens is 1. The monoisotopic (exact) mass is 395 g/mol. The zero-order valence-corrected chi connectivity index (χ0v) is 16.4. The summed E-state index contributed by atoms with van der Waals surface area (Å²) in [4.78, 5) is 2.64. The second-order valence-electron chi connectivity index (χ2n) is 6.90. The summed E-state index contributed by atoms with van der Waals surface area (Å²) in [6.45, 7) is 3.20. The lowest BCUT2D eigenvalue weighted by Gasteiger charge is -2.17. The summed E-state index contributed by atoms with van der Waals surface area (Å²) in [5.74, 6) is 0. The highest BCUT2D eigenvalue weighted by Crippen LogP contribution is 2.19. The predicted molar refractivity (Wildman–Crippen MR) is 100 cm³/mol. The molecule has 0 radical (unpaired) electrons. The molecule has 0 amide bonds. The van der Waals surface area contributed by atoms with Crippen molar-refractivity contribution in [2.45, 2.75) is 43.8 Å². The Hall–Kier alpha value is -1.84. The van der Waals surface area contributed by atoms with Crippen molar-refractivity contribution in [1.29, 1.82) is 0 Å². The number of benzene rings is 1. The SMILES string of the molecule is CN(Cc1cn(CCCF)nn1)S(=O)(=O)c1ccc(CN2CCCC2)cc1. The van der Waals surface area contributed by atoms with E-state index in [-0.39, 0.29) is 11.4 Å². The summed E-state index contributed by atoms with van der Waals surface area (Å²) in [5, 5.41) is 7.86. The van der Waals surface area contributed by atoms with Gasteiger partial charge < -0.3 is 0 Å². The van der Waals surface area contributed by atoms with E-state index < -0.39 is 16.7 Å². The Morgan fingerprint density at radius 1 is 1.19 bits per heavy atom. The maximum absolute atomic E-state index is 12.8. The quantitative estimate of drug-likeness (QED) is 0.650. The van der Waals surface area contributed by atoms with Crippen LogP contribution in [0.25, 0.3) is 0 Å². The number of sulfonamides is 1. The van der Waals surface area contributed by atoms with E-state index in [1.165, 1.54) is 28.9 Å². The standard InChI is InChI=1S/C18H26FN5O2S/c1-22(14-17-15-24(21-20-17)12-4-9-19)27(25,26)18-7-5-16(6-8-18)13-23-10-2-3-11-23/h5-8,15H,2-4,9-14H2,1H3. The van der Waals surface area contributed by atoms with Crippen LogP contribution in [0, 0.1) is 0 Å². The van der Waals surface area contributed by atoms with Crippen molar-refractivity contribution in [1.82, 2.24) is 24.2 Å². The van der Waals surface area contributed by atoms with Crippen LogP contribution in [0.2, 0.25) is 0 Å². The van der Waals surface area contributed by atoms with E-state index >= 15 is 0 Å². The molecule has 1 aliphatic rings. The van der Waals surface area contributed by atoms with Crippen LogP contribution in [-0.4, -0.2) is 59.4 Å². The Kier molecular flexibility index (Phi) is 6.56. The molecule has 3 rings (SSSR count). The molecule has 0 saturated carbocycles. The van der Waals surface area contributed by atoms with Gasteiger partial charge >= 0.3 is 0 Å². The lowest BCUT2D eigenvalue weighted by Crippen LogP contribution is -2.26. The van der Waals surface area contributed by atoms with Gasteiger partial charge in [0.2, 0.25) is 10.0 Å². The van der Waals surface area contributed by atoms with Crippen LogP contribution >= 0.6 is 0 Å². The van der Waals surface area contributed by atoms with E-state index in [9.17, 15) is 12.8 Å². The van der Waals surface area contributed by atoms with E-state index in [0.29, 0.717) is 18.7 Å². The second kappa shape index (κ2) is 8.90. The fourth-order valence-electron chi connectivity index (χ4n) is 3.20. The highest BCUT2D eigenvalue weighted by Gasteiger charge is 2.22. The van der Waals surface area contributed by atoms with Crippen LogP contribution in [0.5, 0.6) is 0 Å². The molecule has 0 bridgehead atoms. The maximum atomic E-state index is 12.8. The predicted octanol–water partition coefficient (Wildman–Crippen LogP) is 2.05.